The summed E-state index contributed by atoms with van der Waals surface area (Å²) in [6.45, 7) is 3.71. The topological polar surface area (TPSA) is 60.7 Å². The van der Waals surface area contributed by atoms with E-state index in [4.69, 9.17) is 0 Å². The van der Waals surface area contributed by atoms with Gasteiger partial charge in [-0.25, -0.2) is 9.18 Å². The van der Waals surface area contributed by atoms with E-state index in [1.54, 1.807) is 19.1 Å². The Morgan fingerprint density at radius 3 is 2.62 bits per heavy atom. The quantitative estimate of drug-likeness (QED) is 0.690. The highest BCUT2D eigenvalue weighted by molar-refractivity contribution is 5.78. The number of H-pyrrole nitrogens is 2. The highest BCUT2D eigenvalue weighted by Crippen LogP contribution is 2.22. The van der Waals surface area contributed by atoms with Crippen molar-refractivity contribution in [2.75, 3.05) is 5.32 Å². The van der Waals surface area contributed by atoms with E-state index in [0.717, 1.165) is 22.3 Å². The molecule has 1 heterocycles. The van der Waals surface area contributed by atoms with Crippen LogP contribution >= 0.6 is 0 Å². The fraction of sp³-hybridized carbons (Fsp3) is 0.188. The van der Waals surface area contributed by atoms with Gasteiger partial charge in [0.1, 0.15) is 5.82 Å². The normalized spacial score (nSPS) is 12.5. The van der Waals surface area contributed by atoms with Crippen LogP contribution in [0, 0.1) is 12.7 Å². The fourth-order valence-corrected chi connectivity index (χ4v) is 2.33. The standard InChI is InChI=1S/C16H16FN3O/c1-9-3-4-11(7-13(9)17)10(2)18-12-5-6-14-15(8-12)20-16(21)19-14/h3-8,10,18H,1-2H3,(H2,19,20,21). The smallest absolute Gasteiger partial charge is 0.323 e. The number of anilines is 1. The minimum atomic E-state index is -0.226. The first-order valence-corrected chi connectivity index (χ1v) is 6.77. The van der Waals surface area contributed by atoms with Crippen LogP contribution in [0.2, 0.25) is 0 Å². The van der Waals surface area contributed by atoms with Crippen molar-refractivity contribution in [2.45, 2.75) is 19.9 Å². The van der Waals surface area contributed by atoms with Gasteiger partial charge in [0.05, 0.1) is 11.0 Å². The predicted octanol–water partition coefficient (Wildman–Crippen LogP) is 3.48. The molecule has 1 aromatic heterocycles. The molecule has 3 rings (SSSR count). The second-order valence-electron chi connectivity index (χ2n) is 5.21. The molecular formula is C16H16FN3O. The molecule has 2 aromatic carbocycles. The van der Waals surface area contributed by atoms with Crippen molar-refractivity contribution >= 4 is 16.7 Å². The Hall–Kier alpha value is -2.56. The van der Waals surface area contributed by atoms with Gasteiger partial charge in [-0.15, -0.1) is 0 Å². The number of aromatic nitrogens is 2. The van der Waals surface area contributed by atoms with Crippen LogP contribution in [0.25, 0.3) is 11.0 Å². The lowest BCUT2D eigenvalue weighted by molar-refractivity contribution is 0.614. The molecule has 4 nitrogen and oxygen atoms in total. The van der Waals surface area contributed by atoms with Crippen molar-refractivity contribution in [1.82, 2.24) is 9.97 Å². The summed E-state index contributed by atoms with van der Waals surface area (Å²) in [5.74, 6) is -0.202. The Bertz CT molecular complexity index is 850. The van der Waals surface area contributed by atoms with Gasteiger partial charge < -0.3 is 15.3 Å². The van der Waals surface area contributed by atoms with Gasteiger partial charge in [0.15, 0.2) is 0 Å². The zero-order chi connectivity index (χ0) is 15.0. The molecule has 0 aliphatic rings. The first-order chi connectivity index (χ1) is 10.0. The summed E-state index contributed by atoms with van der Waals surface area (Å²) in [5.41, 5.74) is 3.66. The molecule has 21 heavy (non-hydrogen) atoms. The summed E-state index contributed by atoms with van der Waals surface area (Å²) in [4.78, 5) is 16.7. The summed E-state index contributed by atoms with van der Waals surface area (Å²) >= 11 is 0. The molecule has 0 radical (unpaired) electrons. The summed E-state index contributed by atoms with van der Waals surface area (Å²) in [7, 11) is 0. The Labute approximate surface area is 121 Å². The zero-order valence-electron chi connectivity index (χ0n) is 11.8. The number of rotatable bonds is 3. The molecule has 3 aromatic rings. The van der Waals surface area contributed by atoms with Gasteiger partial charge in [0.25, 0.3) is 0 Å². The highest BCUT2D eigenvalue weighted by atomic mass is 19.1. The summed E-state index contributed by atoms with van der Waals surface area (Å²) in [6.07, 6.45) is 0. The van der Waals surface area contributed by atoms with E-state index >= 15 is 0 Å². The van der Waals surface area contributed by atoms with Crippen LogP contribution < -0.4 is 11.0 Å². The number of benzene rings is 2. The molecule has 0 spiro atoms. The molecule has 0 saturated heterocycles. The van der Waals surface area contributed by atoms with Crippen LogP contribution in [0.1, 0.15) is 24.1 Å². The van der Waals surface area contributed by atoms with E-state index in [9.17, 15) is 9.18 Å². The minimum absolute atomic E-state index is 0.0387. The number of fused-ring (bicyclic) bond motifs is 1. The number of hydrogen-bond acceptors (Lipinski definition) is 2. The first kappa shape index (κ1) is 13.4. The van der Waals surface area contributed by atoms with Crippen LogP contribution in [0.3, 0.4) is 0 Å². The minimum Gasteiger partial charge on any atom is -0.378 e. The summed E-state index contributed by atoms with van der Waals surface area (Å²) in [6, 6.07) is 10.8. The molecule has 108 valence electrons. The van der Waals surface area contributed by atoms with Crippen molar-refractivity contribution in [2.24, 2.45) is 0 Å². The molecule has 0 aliphatic carbocycles. The van der Waals surface area contributed by atoms with Crippen LogP contribution in [0.15, 0.2) is 41.2 Å². The first-order valence-electron chi connectivity index (χ1n) is 6.77. The Kier molecular flexibility index (Phi) is 3.25. The van der Waals surface area contributed by atoms with Crippen molar-refractivity contribution in [1.29, 1.82) is 0 Å². The Balaban J connectivity index is 1.86. The fourth-order valence-electron chi connectivity index (χ4n) is 2.33. The van der Waals surface area contributed by atoms with E-state index in [-0.39, 0.29) is 17.5 Å². The third-order valence-corrected chi connectivity index (χ3v) is 3.60. The molecule has 0 fully saturated rings. The molecular weight excluding hydrogens is 269 g/mol. The lowest BCUT2D eigenvalue weighted by Crippen LogP contribution is -2.07. The van der Waals surface area contributed by atoms with Crippen molar-refractivity contribution in [3.8, 4) is 0 Å². The number of imidazole rings is 1. The largest absolute Gasteiger partial charge is 0.378 e. The molecule has 1 unspecified atom stereocenters. The van der Waals surface area contributed by atoms with Gasteiger partial charge in [0.2, 0.25) is 0 Å². The van der Waals surface area contributed by atoms with Crippen molar-refractivity contribution < 1.29 is 4.39 Å². The van der Waals surface area contributed by atoms with Gasteiger partial charge in [-0.3, -0.25) is 0 Å². The SMILES string of the molecule is Cc1ccc(C(C)Nc2ccc3[nH]c(=O)[nH]c3c2)cc1F. The average molecular weight is 285 g/mol. The number of aryl methyl sites for hydroxylation is 1. The van der Waals surface area contributed by atoms with Crippen LogP contribution in [0.4, 0.5) is 10.1 Å². The Morgan fingerprint density at radius 2 is 1.86 bits per heavy atom. The molecule has 0 aliphatic heterocycles. The lowest BCUT2D eigenvalue weighted by Gasteiger charge is -2.16. The number of halogens is 1. The van der Waals surface area contributed by atoms with Gasteiger partial charge in [-0.2, -0.15) is 0 Å². The molecule has 0 amide bonds. The van der Waals surface area contributed by atoms with E-state index in [1.807, 2.05) is 31.2 Å². The zero-order valence-corrected chi connectivity index (χ0v) is 11.8. The van der Waals surface area contributed by atoms with Crippen molar-refractivity contribution in [3.05, 3.63) is 63.8 Å². The molecule has 1 atom stereocenters. The number of aromatic amines is 2. The van der Waals surface area contributed by atoms with E-state index in [1.165, 1.54) is 0 Å². The van der Waals surface area contributed by atoms with E-state index in [0.29, 0.717) is 5.56 Å². The van der Waals surface area contributed by atoms with Crippen LogP contribution in [-0.2, 0) is 0 Å². The number of hydrogen-bond donors (Lipinski definition) is 3. The Morgan fingerprint density at radius 1 is 1.10 bits per heavy atom. The highest BCUT2D eigenvalue weighted by Gasteiger charge is 2.08. The van der Waals surface area contributed by atoms with E-state index in [2.05, 4.69) is 15.3 Å². The maximum absolute atomic E-state index is 13.6. The second kappa shape index (κ2) is 5.09. The third kappa shape index (κ3) is 2.67. The molecule has 5 heteroatoms. The van der Waals surface area contributed by atoms with Crippen molar-refractivity contribution in [3.63, 3.8) is 0 Å². The molecule has 0 bridgehead atoms. The van der Waals surface area contributed by atoms with Gasteiger partial charge in [-0.05, 0) is 49.2 Å². The maximum Gasteiger partial charge on any atom is 0.323 e. The predicted molar refractivity (Wildman–Crippen MR) is 82.1 cm³/mol. The van der Waals surface area contributed by atoms with Gasteiger partial charge in [0, 0.05) is 11.7 Å². The average Bonchev–Trinajstić information content (AvgIpc) is 2.81. The molecule has 0 saturated carbocycles. The summed E-state index contributed by atoms with van der Waals surface area (Å²) in [5, 5.41) is 3.30. The third-order valence-electron chi connectivity index (χ3n) is 3.60. The van der Waals surface area contributed by atoms with Gasteiger partial charge >= 0.3 is 5.69 Å². The second-order valence-corrected chi connectivity index (χ2v) is 5.21. The van der Waals surface area contributed by atoms with Crippen LogP contribution in [-0.4, -0.2) is 9.97 Å². The van der Waals surface area contributed by atoms with Crippen LogP contribution in [0.5, 0.6) is 0 Å². The lowest BCUT2D eigenvalue weighted by atomic mass is 10.1. The number of nitrogens with one attached hydrogen (secondary N) is 3. The molecule has 3 N–H and O–H groups in total. The van der Waals surface area contributed by atoms with Gasteiger partial charge in [-0.1, -0.05) is 12.1 Å². The summed E-state index contributed by atoms with van der Waals surface area (Å²) < 4.78 is 13.6. The van der Waals surface area contributed by atoms with E-state index < -0.39 is 0 Å². The monoisotopic (exact) mass is 285 g/mol. The maximum atomic E-state index is 13.6.